The molecule has 1 rings (SSSR count). The first-order valence-corrected chi connectivity index (χ1v) is 7.99. The first-order valence-electron chi connectivity index (χ1n) is 7.99. The lowest BCUT2D eigenvalue weighted by atomic mass is 9.69. The predicted octanol–water partition coefficient (Wildman–Crippen LogP) is 2.47. The molecule has 1 amide bonds. The first-order chi connectivity index (χ1) is 9.79. The average Bonchev–Trinajstić information content (AvgIpc) is 2.36. The van der Waals surface area contributed by atoms with E-state index in [1.165, 1.54) is 0 Å². The Hall–Kier alpha value is -1.10. The van der Waals surface area contributed by atoms with Gasteiger partial charge in [-0.1, -0.05) is 32.6 Å². The number of carboxylic acids is 1. The second kappa shape index (κ2) is 7.78. The summed E-state index contributed by atoms with van der Waals surface area (Å²) in [5.41, 5.74) is -1.29. The molecule has 0 heterocycles. The van der Waals surface area contributed by atoms with Gasteiger partial charge in [0.05, 0.1) is 12.0 Å². The molecule has 0 bridgehead atoms. The Bertz CT molecular complexity index is 359. The first kappa shape index (κ1) is 18.0. The van der Waals surface area contributed by atoms with E-state index >= 15 is 0 Å². The molecule has 1 saturated carbocycles. The van der Waals surface area contributed by atoms with Crippen LogP contribution in [0, 0.1) is 5.41 Å². The van der Waals surface area contributed by atoms with Crippen molar-refractivity contribution in [1.29, 1.82) is 0 Å². The molecule has 0 saturated heterocycles. The number of hydrogen-bond donors (Lipinski definition) is 3. The van der Waals surface area contributed by atoms with Crippen LogP contribution in [0.1, 0.15) is 71.6 Å². The molecule has 0 aromatic carbocycles. The van der Waals surface area contributed by atoms with Gasteiger partial charge >= 0.3 is 5.97 Å². The number of amides is 1. The number of aliphatic carboxylic acids is 1. The average molecular weight is 299 g/mol. The van der Waals surface area contributed by atoms with E-state index in [0.29, 0.717) is 6.42 Å². The highest BCUT2D eigenvalue weighted by molar-refractivity contribution is 5.78. The van der Waals surface area contributed by atoms with Gasteiger partial charge in [-0.15, -0.1) is 0 Å². The molecule has 3 N–H and O–H groups in total. The minimum Gasteiger partial charge on any atom is -0.481 e. The van der Waals surface area contributed by atoms with E-state index in [0.717, 1.165) is 38.5 Å². The van der Waals surface area contributed by atoms with E-state index < -0.39 is 17.0 Å². The van der Waals surface area contributed by atoms with Crippen LogP contribution in [0.25, 0.3) is 0 Å². The maximum Gasteiger partial charge on any atom is 0.303 e. The SMILES string of the molecule is CCCC(C)(O)CNC(=O)CC1(CC(=O)O)CCCCC1. The van der Waals surface area contributed by atoms with Gasteiger partial charge in [-0.3, -0.25) is 9.59 Å². The second-order valence-electron chi connectivity index (χ2n) is 6.83. The summed E-state index contributed by atoms with van der Waals surface area (Å²) in [6, 6.07) is 0. The summed E-state index contributed by atoms with van der Waals surface area (Å²) in [6.45, 7) is 3.92. The molecule has 1 unspecified atom stereocenters. The van der Waals surface area contributed by atoms with Gasteiger partial charge in [0, 0.05) is 13.0 Å². The lowest BCUT2D eigenvalue weighted by Gasteiger charge is -2.36. The normalized spacial score (nSPS) is 20.5. The zero-order chi connectivity index (χ0) is 15.9. The van der Waals surface area contributed by atoms with Crippen LogP contribution in [0.15, 0.2) is 0 Å². The van der Waals surface area contributed by atoms with Crippen molar-refractivity contribution in [3.05, 3.63) is 0 Å². The molecule has 0 aromatic heterocycles. The van der Waals surface area contributed by atoms with Crippen molar-refractivity contribution >= 4 is 11.9 Å². The number of rotatable bonds is 8. The maximum absolute atomic E-state index is 12.1. The topological polar surface area (TPSA) is 86.6 Å². The van der Waals surface area contributed by atoms with Gasteiger partial charge in [-0.2, -0.15) is 0 Å². The zero-order valence-electron chi connectivity index (χ0n) is 13.3. The van der Waals surface area contributed by atoms with Gasteiger partial charge < -0.3 is 15.5 Å². The molecule has 0 radical (unpaired) electrons. The smallest absolute Gasteiger partial charge is 0.303 e. The number of carbonyl (C=O) groups excluding carboxylic acids is 1. The minimum absolute atomic E-state index is 0.0613. The van der Waals surface area contributed by atoms with Crippen LogP contribution in [0.2, 0.25) is 0 Å². The van der Waals surface area contributed by atoms with Crippen LogP contribution < -0.4 is 5.32 Å². The summed E-state index contributed by atoms with van der Waals surface area (Å²) < 4.78 is 0. The fourth-order valence-electron chi connectivity index (χ4n) is 3.36. The number of carboxylic acid groups (broad SMARTS) is 1. The Morgan fingerprint density at radius 2 is 1.81 bits per heavy atom. The van der Waals surface area contributed by atoms with Crippen molar-refractivity contribution in [2.45, 2.75) is 77.2 Å². The molecule has 0 aliphatic heterocycles. The molecule has 1 atom stereocenters. The molecule has 21 heavy (non-hydrogen) atoms. The van der Waals surface area contributed by atoms with Crippen molar-refractivity contribution < 1.29 is 19.8 Å². The van der Waals surface area contributed by atoms with Crippen molar-refractivity contribution in [3.63, 3.8) is 0 Å². The Labute approximate surface area is 127 Å². The lowest BCUT2D eigenvalue weighted by molar-refractivity contribution is -0.141. The molecule has 1 aliphatic carbocycles. The second-order valence-corrected chi connectivity index (χ2v) is 6.83. The fourth-order valence-corrected chi connectivity index (χ4v) is 3.36. The third-order valence-corrected chi connectivity index (χ3v) is 4.43. The molecule has 0 spiro atoms. The highest BCUT2D eigenvalue weighted by Crippen LogP contribution is 2.42. The summed E-state index contributed by atoms with van der Waals surface area (Å²) in [5.74, 6) is -0.975. The fraction of sp³-hybridized carbons (Fsp3) is 0.875. The Balaban J connectivity index is 2.54. The van der Waals surface area contributed by atoms with Crippen molar-refractivity contribution in [2.24, 2.45) is 5.41 Å². The summed E-state index contributed by atoms with van der Waals surface area (Å²) in [6.07, 6.45) is 6.51. The lowest BCUT2D eigenvalue weighted by Crippen LogP contribution is -2.42. The number of aliphatic hydroxyl groups is 1. The Morgan fingerprint density at radius 1 is 1.19 bits per heavy atom. The van der Waals surface area contributed by atoms with E-state index in [-0.39, 0.29) is 25.3 Å². The summed E-state index contributed by atoms with van der Waals surface area (Å²) in [7, 11) is 0. The van der Waals surface area contributed by atoms with E-state index in [9.17, 15) is 14.7 Å². The van der Waals surface area contributed by atoms with Gasteiger partial charge in [0.2, 0.25) is 5.91 Å². The standard InChI is InChI=1S/C16H29NO4/c1-3-7-15(2,21)12-17-13(18)10-16(11-14(19)20)8-5-4-6-9-16/h21H,3-12H2,1-2H3,(H,17,18)(H,19,20). The van der Waals surface area contributed by atoms with E-state index in [4.69, 9.17) is 5.11 Å². The van der Waals surface area contributed by atoms with Crippen LogP contribution in [-0.2, 0) is 9.59 Å². The van der Waals surface area contributed by atoms with Gasteiger partial charge in [0.15, 0.2) is 0 Å². The molecule has 1 fully saturated rings. The molecular weight excluding hydrogens is 270 g/mol. The van der Waals surface area contributed by atoms with Crippen LogP contribution in [0.5, 0.6) is 0 Å². The van der Waals surface area contributed by atoms with Gasteiger partial charge in [-0.05, 0) is 31.6 Å². The molecule has 0 aromatic rings. The third-order valence-electron chi connectivity index (χ3n) is 4.43. The van der Waals surface area contributed by atoms with Gasteiger partial charge in [0.1, 0.15) is 0 Å². The van der Waals surface area contributed by atoms with Crippen LogP contribution in [0.3, 0.4) is 0 Å². The zero-order valence-corrected chi connectivity index (χ0v) is 13.3. The molecule has 122 valence electrons. The predicted molar refractivity (Wildman–Crippen MR) is 80.9 cm³/mol. The van der Waals surface area contributed by atoms with E-state index in [1.54, 1.807) is 6.92 Å². The number of nitrogens with one attached hydrogen (secondary N) is 1. The van der Waals surface area contributed by atoms with Crippen LogP contribution >= 0.6 is 0 Å². The minimum atomic E-state index is -0.892. The van der Waals surface area contributed by atoms with Crippen molar-refractivity contribution in [3.8, 4) is 0 Å². The largest absolute Gasteiger partial charge is 0.481 e. The number of carbonyl (C=O) groups is 2. The van der Waals surface area contributed by atoms with E-state index in [2.05, 4.69) is 5.32 Å². The highest BCUT2D eigenvalue weighted by Gasteiger charge is 2.36. The molecular formula is C16H29NO4. The molecule has 1 aliphatic rings. The van der Waals surface area contributed by atoms with Gasteiger partial charge in [-0.25, -0.2) is 0 Å². The molecule has 5 heteroatoms. The van der Waals surface area contributed by atoms with Gasteiger partial charge in [0.25, 0.3) is 0 Å². The summed E-state index contributed by atoms with van der Waals surface area (Å²) in [5, 5.41) is 21.9. The third kappa shape index (κ3) is 6.46. The number of hydrogen-bond acceptors (Lipinski definition) is 3. The highest BCUT2D eigenvalue weighted by atomic mass is 16.4. The van der Waals surface area contributed by atoms with Crippen LogP contribution in [-0.4, -0.2) is 34.2 Å². The van der Waals surface area contributed by atoms with Crippen molar-refractivity contribution in [2.75, 3.05) is 6.54 Å². The molecule has 5 nitrogen and oxygen atoms in total. The maximum atomic E-state index is 12.1. The quantitative estimate of drug-likeness (QED) is 0.642. The summed E-state index contributed by atoms with van der Waals surface area (Å²) in [4.78, 5) is 23.2. The Kier molecular flexibility index (Phi) is 6.65. The van der Waals surface area contributed by atoms with Crippen LogP contribution in [0.4, 0.5) is 0 Å². The summed E-state index contributed by atoms with van der Waals surface area (Å²) >= 11 is 0. The van der Waals surface area contributed by atoms with Crippen molar-refractivity contribution in [1.82, 2.24) is 5.32 Å². The Morgan fingerprint density at radius 3 is 2.33 bits per heavy atom. The monoisotopic (exact) mass is 299 g/mol. The van der Waals surface area contributed by atoms with E-state index in [1.807, 2.05) is 6.92 Å².